The fraction of sp³-hybridized carbons (Fsp3) is 0.125. The predicted molar refractivity (Wildman–Crippen MR) is 81.9 cm³/mol. The average Bonchev–Trinajstić information content (AvgIpc) is 2.85. The number of benzene rings is 2. The Balaban J connectivity index is 1.68. The first-order chi connectivity index (χ1) is 9.34. The Morgan fingerprint density at radius 1 is 0.947 bits per heavy atom. The van der Waals surface area contributed by atoms with Gasteiger partial charge >= 0.3 is 0 Å². The minimum Gasteiger partial charge on any atom is -0.382 e. The molecule has 0 amide bonds. The third-order valence-electron chi connectivity index (χ3n) is 3.22. The quantitative estimate of drug-likeness (QED) is 0.743. The maximum Gasteiger partial charge on any atom is 0.0637 e. The zero-order chi connectivity index (χ0) is 13.1. The molecule has 0 bridgehead atoms. The van der Waals surface area contributed by atoms with Crippen LogP contribution >= 0.6 is 11.6 Å². The summed E-state index contributed by atoms with van der Waals surface area (Å²) in [7, 11) is 0. The molecule has 1 heterocycles. The summed E-state index contributed by atoms with van der Waals surface area (Å²) >= 11 is 6.11. The van der Waals surface area contributed by atoms with Crippen LogP contribution in [-0.2, 0) is 6.54 Å². The average molecular weight is 271 g/mol. The molecule has 0 aliphatic rings. The van der Waals surface area contributed by atoms with Gasteiger partial charge in [-0.2, -0.15) is 0 Å². The lowest BCUT2D eigenvalue weighted by Gasteiger charge is -2.09. The molecular weight excluding hydrogens is 256 g/mol. The molecule has 0 spiro atoms. The van der Waals surface area contributed by atoms with Gasteiger partial charge in [0.1, 0.15) is 0 Å². The van der Waals surface area contributed by atoms with E-state index in [9.17, 15) is 0 Å². The summed E-state index contributed by atoms with van der Waals surface area (Å²) in [6, 6.07) is 18.4. The third kappa shape index (κ3) is 2.59. The number of aromatic nitrogens is 1. The second kappa shape index (κ2) is 5.37. The number of halogens is 1. The molecule has 0 fully saturated rings. The number of hydrogen-bond donors (Lipinski definition) is 1. The summed E-state index contributed by atoms with van der Waals surface area (Å²) < 4.78 is 2.25. The lowest BCUT2D eigenvalue weighted by atomic mass is 10.2. The summed E-state index contributed by atoms with van der Waals surface area (Å²) in [6.07, 6.45) is 2.12. The van der Waals surface area contributed by atoms with Crippen LogP contribution in [0.1, 0.15) is 0 Å². The van der Waals surface area contributed by atoms with Gasteiger partial charge in [0.2, 0.25) is 0 Å². The Morgan fingerprint density at radius 3 is 2.63 bits per heavy atom. The minimum atomic E-state index is 0.764. The van der Waals surface area contributed by atoms with Gasteiger partial charge in [-0.15, -0.1) is 0 Å². The number of anilines is 1. The normalized spacial score (nSPS) is 10.8. The third-order valence-corrected chi connectivity index (χ3v) is 3.55. The van der Waals surface area contributed by atoms with Crippen molar-refractivity contribution in [3.8, 4) is 0 Å². The van der Waals surface area contributed by atoms with Crippen molar-refractivity contribution in [2.75, 3.05) is 11.9 Å². The van der Waals surface area contributed by atoms with Gasteiger partial charge in [-0.25, -0.2) is 0 Å². The van der Waals surface area contributed by atoms with Crippen molar-refractivity contribution in [2.45, 2.75) is 6.54 Å². The topological polar surface area (TPSA) is 17.0 Å². The van der Waals surface area contributed by atoms with Crippen molar-refractivity contribution in [2.24, 2.45) is 0 Å². The molecule has 19 heavy (non-hydrogen) atoms. The van der Waals surface area contributed by atoms with Crippen LogP contribution in [0, 0.1) is 0 Å². The predicted octanol–water partition coefficient (Wildman–Crippen LogP) is 4.41. The van der Waals surface area contributed by atoms with Crippen molar-refractivity contribution >= 4 is 28.2 Å². The Kier molecular flexibility index (Phi) is 3.43. The van der Waals surface area contributed by atoms with E-state index < -0.39 is 0 Å². The second-order valence-electron chi connectivity index (χ2n) is 4.47. The Bertz CT molecular complexity index is 688. The minimum absolute atomic E-state index is 0.764. The van der Waals surface area contributed by atoms with Gasteiger partial charge in [0.15, 0.2) is 0 Å². The van der Waals surface area contributed by atoms with Gasteiger partial charge in [-0.1, -0.05) is 41.9 Å². The number of nitrogens with zero attached hydrogens (tertiary/aromatic N) is 1. The van der Waals surface area contributed by atoms with Crippen LogP contribution in [0.15, 0.2) is 60.8 Å². The SMILES string of the molecule is Clc1ccccc1NCCn1ccc2ccccc21. The molecule has 0 unspecified atom stereocenters. The highest BCUT2D eigenvalue weighted by Crippen LogP contribution is 2.20. The van der Waals surface area contributed by atoms with Gasteiger partial charge in [0, 0.05) is 24.8 Å². The number of nitrogens with one attached hydrogen (secondary N) is 1. The molecule has 1 aromatic heterocycles. The molecule has 96 valence electrons. The van der Waals surface area contributed by atoms with Gasteiger partial charge in [-0.05, 0) is 29.7 Å². The smallest absolute Gasteiger partial charge is 0.0637 e. The van der Waals surface area contributed by atoms with Crippen LogP contribution in [0.5, 0.6) is 0 Å². The molecule has 2 nitrogen and oxygen atoms in total. The van der Waals surface area contributed by atoms with Crippen LogP contribution in [0.2, 0.25) is 5.02 Å². The molecular formula is C16H15ClN2. The number of rotatable bonds is 4. The summed E-state index contributed by atoms with van der Waals surface area (Å²) in [5, 5.41) is 5.40. The van der Waals surface area contributed by atoms with E-state index in [1.807, 2.05) is 24.3 Å². The van der Waals surface area contributed by atoms with Crippen molar-refractivity contribution in [3.05, 3.63) is 65.8 Å². The first kappa shape index (κ1) is 12.1. The van der Waals surface area contributed by atoms with Crippen molar-refractivity contribution < 1.29 is 0 Å². The summed E-state index contributed by atoms with van der Waals surface area (Å²) in [4.78, 5) is 0. The lowest BCUT2D eigenvalue weighted by Crippen LogP contribution is -2.09. The van der Waals surface area contributed by atoms with E-state index in [1.54, 1.807) is 0 Å². The highest BCUT2D eigenvalue weighted by Gasteiger charge is 2.00. The summed E-state index contributed by atoms with van der Waals surface area (Å²) in [5.74, 6) is 0. The van der Waals surface area contributed by atoms with E-state index in [1.165, 1.54) is 10.9 Å². The van der Waals surface area contributed by atoms with E-state index >= 15 is 0 Å². The van der Waals surface area contributed by atoms with Crippen molar-refractivity contribution in [3.63, 3.8) is 0 Å². The fourth-order valence-corrected chi connectivity index (χ4v) is 2.45. The standard InChI is InChI=1S/C16H15ClN2/c17-14-6-2-3-7-15(14)18-10-12-19-11-9-13-5-1-4-8-16(13)19/h1-9,11,18H,10,12H2. The zero-order valence-corrected chi connectivity index (χ0v) is 11.3. The second-order valence-corrected chi connectivity index (χ2v) is 4.88. The van der Waals surface area contributed by atoms with E-state index in [0.717, 1.165) is 23.8 Å². The number of fused-ring (bicyclic) bond motifs is 1. The first-order valence-corrected chi connectivity index (χ1v) is 6.75. The van der Waals surface area contributed by atoms with Crippen LogP contribution in [-0.4, -0.2) is 11.1 Å². The summed E-state index contributed by atoms with van der Waals surface area (Å²) in [6.45, 7) is 1.77. The van der Waals surface area contributed by atoms with Crippen LogP contribution < -0.4 is 5.32 Å². The monoisotopic (exact) mass is 270 g/mol. The maximum absolute atomic E-state index is 6.11. The van der Waals surface area contributed by atoms with Gasteiger partial charge in [-0.3, -0.25) is 0 Å². The number of para-hydroxylation sites is 2. The van der Waals surface area contributed by atoms with E-state index in [2.05, 4.69) is 46.4 Å². The molecule has 0 saturated carbocycles. The lowest BCUT2D eigenvalue weighted by molar-refractivity contribution is 0.757. The fourth-order valence-electron chi connectivity index (χ4n) is 2.25. The van der Waals surface area contributed by atoms with Gasteiger partial charge in [0.05, 0.1) is 10.7 Å². The maximum atomic E-state index is 6.11. The molecule has 0 radical (unpaired) electrons. The van der Waals surface area contributed by atoms with Crippen molar-refractivity contribution in [1.29, 1.82) is 0 Å². The Hall–Kier alpha value is -1.93. The van der Waals surface area contributed by atoms with Crippen LogP contribution in [0.4, 0.5) is 5.69 Å². The van der Waals surface area contributed by atoms with Crippen molar-refractivity contribution in [1.82, 2.24) is 4.57 Å². The molecule has 3 aromatic rings. The van der Waals surface area contributed by atoms with Crippen LogP contribution in [0.3, 0.4) is 0 Å². The Morgan fingerprint density at radius 2 is 1.74 bits per heavy atom. The van der Waals surface area contributed by atoms with E-state index in [0.29, 0.717) is 0 Å². The zero-order valence-electron chi connectivity index (χ0n) is 10.5. The largest absolute Gasteiger partial charge is 0.382 e. The van der Waals surface area contributed by atoms with Gasteiger partial charge < -0.3 is 9.88 Å². The van der Waals surface area contributed by atoms with Gasteiger partial charge in [0.25, 0.3) is 0 Å². The highest BCUT2D eigenvalue weighted by atomic mass is 35.5. The summed E-state index contributed by atoms with van der Waals surface area (Å²) in [5.41, 5.74) is 2.25. The first-order valence-electron chi connectivity index (χ1n) is 6.37. The Labute approximate surface area is 117 Å². The van der Waals surface area contributed by atoms with E-state index in [-0.39, 0.29) is 0 Å². The molecule has 1 N–H and O–H groups in total. The molecule has 3 rings (SSSR count). The molecule has 2 aromatic carbocycles. The molecule has 0 atom stereocenters. The van der Waals surface area contributed by atoms with Crippen LogP contribution in [0.25, 0.3) is 10.9 Å². The molecule has 0 aliphatic heterocycles. The van der Waals surface area contributed by atoms with E-state index in [4.69, 9.17) is 11.6 Å². The number of hydrogen-bond acceptors (Lipinski definition) is 1. The molecule has 0 aliphatic carbocycles. The molecule has 0 saturated heterocycles. The highest BCUT2D eigenvalue weighted by molar-refractivity contribution is 6.33. The molecule has 3 heteroatoms.